The Morgan fingerprint density at radius 2 is 2.14 bits per heavy atom. The van der Waals surface area contributed by atoms with Crippen molar-refractivity contribution in [3.05, 3.63) is 0 Å². The Labute approximate surface area is 64.0 Å². The van der Waals surface area contributed by atoms with E-state index in [1.807, 2.05) is 0 Å². The monoisotopic (exact) mass is 172 g/mol. The summed E-state index contributed by atoms with van der Waals surface area (Å²) in [7, 11) is 0. The van der Waals surface area contributed by atoms with E-state index in [-0.39, 0.29) is 3.91 Å². The summed E-state index contributed by atoms with van der Waals surface area (Å²) in [5.41, 5.74) is 0. The standard InChI is InChI=1S/C3H8S4/c1-6-2-7-3(4)5/h3-5H,2H2,1H3. The van der Waals surface area contributed by atoms with E-state index in [2.05, 4.69) is 31.5 Å². The summed E-state index contributed by atoms with van der Waals surface area (Å²) < 4.78 is 0.187. The van der Waals surface area contributed by atoms with Gasteiger partial charge in [0, 0.05) is 5.08 Å². The first-order valence-electron chi connectivity index (χ1n) is 1.74. The van der Waals surface area contributed by atoms with Crippen molar-refractivity contribution < 1.29 is 0 Å². The van der Waals surface area contributed by atoms with E-state index in [4.69, 9.17) is 0 Å². The molecule has 7 heavy (non-hydrogen) atoms. The van der Waals surface area contributed by atoms with Gasteiger partial charge in [0.1, 0.15) is 0 Å². The zero-order valence-electron chi connectivity index (χ0n) is 4.00. The van der Waals surface area contributed by atoms with Crippen LogP contribution in [0.3, 0.4) is 0 Å². The van der Waals surface area contributed by atoms with E-state index in [0.717, 1.165) is 5.08 Å². The van der Waals surface area contributed by atoms with Crippen molar-refractivity contribution in [3.63, 3.8) is 0 Å². The zero-order chi connectivity index (χ0) is 5.70. The maximum absolute atomic E-state index is 4.05. The van der Waals surface area contributed by atoms with Crippen LogP contribution in [-0.4, -0.2) is 15.3 Å². The molecular weight excluding hydrogens is 164 g/mol. The second kappa shape index (κ2) is 5.54. The van der Waals surface area contributed by atoms with Gasteiger partial charge in [0.25, 0.3) is 0 Å². The minimum Gasteiger partial charge on any atom is -0.154 e. The number of rotatable bonds is 3. The predicted molar refractivity (Wildman–Crippen MR) is 47.7 cm³/mol. The molecule has 0 aliphatic heterocycles. The normalized spacial score (nSPS) is 10.3. The quantitative estimate of drug-likeness (QED) is 0.495. The molecule has 0 heterocycles. The summed E-state index contributed by atoms with van der Waals surface area (Å²) in [6, 6.07) is 0. The molecule has 0 aromatic heterocycles. The SMILES string of the molecule is CSCSC(S)S. The third kappa shape index (κ3) is 7.40. The van der Waals surface area contributed by atoms with Gasteiger partial charge in [-0.05, 0) is 6.26 Å². The van der Waals surface area contributed by atoms with Gasteiger partial charge in [0.05, 0.1) is 3.91 Å². The minimum absolute atomic E-state index is 0.187. The molecule has 0 nitrogen and oxygen atoms in total. The van der Waals surface area contributed by atoms with Gasteiger partial charge < -0.3 is 0 Å². The van der Waals surface area contributed by atoms with Crippen LogP contribution < -0.4 is 0 Å². The molecule has 0 aliphatic carbocycles. The van der Waals surface area contributed by atoms with Gasteiger partial charge in [-0.25, -0.2) is 0 Å². The van der Waals surface area contributed by atoms with E-state index in [9.17, 15) is 0 Å². The van der Waals surface area contributed by atoms with Crippen molar-refractivity contribution in [2.45, 2.75) is 3.91 Å². The van der Waals surface area contributed by atoms with Crippen molar-refractivity contribution in [1.29, 1.82) is 0 Å². The lowest BCUT2D eigenvalue weighted by Crippen LogP contribution is -1.76. The van der Waals surface area contributed by atoms with Crippen LogP contribution in [0.15, 0.2) is 0 Å². The Morgan fingerprint density at radius 1 is 1.57 bits per heavy atom. The number of thioether (sulfide) groups is 2. The van der Waals surface area contributed by atoms with Crippen LogP contribution in [0.5, 0.6) is 0 Å². The first-order chi connectivity index (χ1) is 3.27. The van der Waals surface area contributed by atoms with Gasteiger partial charge in [-0.3, -0.25) is 0 Å². The number of hydrogen-bond donors (Lipinski definition) is 2. The summed E-state index contributed by atoms with van der Waals surface area (Å²) in [4.78, 5) is 0. The lowest BCUT2D eigenvalue weighted by atomic mass is 11.8. The van der Waals surface area contributed by atoms with Gasteiger partial charge in [0.15, 0.2) is 0 Å². The molecule has 0 spiro atoms. The zero-order valence-corrected chi connectivity index (χ0v) is 7.42. The first-order valence-corrected chi connectivity index (χ1v) is 5.21. The molecule has 0 rings (SSSR count). The molecule has 0 aliphatic rings. The Hall–Kier alpha value is 1.40. The van der Waals surface area contributed by atoms with Crippen molar-refractivity contribution in [1.82, 2.24) is 0 Å². The van der Waals surface area contributed by atoms with Crippen molar-refractivity contribution in [2.24, 2.45) is 0 Å². The topological polar surface area (TPSA) is 0 Å². The van der Waals surface area contributed by atoms with Crippen LogP contribution in [0.2, 0.25) is 0 Å². The Bertz CT molecular complexity index is 35.9. The lowest BCUT2D eigenvalue weighted by molar-refractivity contribution is 2.06. The molecule has 0 saturated carbocycles. The smallest absolute Gasteiger partial charge is 0.0907 e. The van der Waals surface area contributed by atoms with Gasteiger partial charge >= 0.3 is 0 Å². The van der Waals surface area contributed by atoms with E-state index in [1.54, 1.807) is 23.5 Å². The summed E-state index contributed by atoms with van der Waals surface area (Å²) in [6.45, 7) is 0. The van der Waals surface area contributed by atoms with E-state index in [1.165, 1.54) is 0 Å². The Balaban J connectivity index is 2.68. The summed E-state index contributed by atoms with van der Waals surface area (Å²) in [6.07, 6.45) is 2.07. The second-order valence-electron chi connectivity index (χ2n) is 0.899. The fourth-order valence-corrected chi connectivity index (χ4v) is 2.26. The van der Waals surface area contributed by atoms with Gasteiger partial charge in [-0.1, -0.05) is 0 Å². The highest BCUT2D eigenvalue weighted by atomic mass is 32.3. The van der Waals surface area contributed by atoms with Crippen molar-refractivity contribution in [3.8, 4) is 0 Å². The minimum atomic E-state index is 0.187. The fraction of sp³-hybridized carbons (Fsp3) is 1.00. The Morgan fingerprint density at radius 3 is 2.29 bits per heavy atom. The molecule has 44 valence electrons. The third-order valence-corrected chi connectivity index (χ3v) is 3.01. The van der Waals surface area contributed by atoms with Gasteiger partial charge in [-0.2, -0.15) is 37.0 Å². The number of hydrogen-bond acceptors (Lipinski definition) is 4. The first kappa shape index (κ1) is 8.40. The largest absolute Gasteiger partial charge is 0.154 e. The van der Waals surface area contributed by atoms with Crippen LogP contribution in [-0.2, 0) is 0 Å². The highest BCUT2D eigenvalue weighted by Crippen LogP contribution is 2.20. The average Bonchev–Trinajstić information content (AvgIpc) is 1.61. The maximum Gasteiger partial charge on any atom is 0.0907 e. The van der Waals surface area contributed by atoms with Crippen molar-refractivity contribution >= 4 is 48.8 Å². The van der Waals surface area contributed by atoms with Gasteiger partial charge in [0.2, 0.25) is 0 Å². The molecule has 0 unspecified atom stereocenters. The molecule has 0 aromatic carbocycles. The van der Waals surface area contributed by atoms with Crippen LogP contribution >= 0.6 is 48.8 Å². The second-order valence-corrected chi connectivity index (χ2v) is 5.36. The van der Waals surface area contributed by atoms with Crippen molar-refractivity contribution in [2.75, 3.05) is 11.3 Å². The molecule has 0 N–H and O–H groups in total. The molecule has 0 saturated heterocycles. The summed E-state index contributed by atoms with van der Waals surface area (Å²) in [5.74, 6) is 0. The highest BCUT2D eigenvalue weighted by molar-refractivity contribution is 8.27. The maximum atomic E-state index is 4.05. The summed E-state index contributed by atoms with van der Waals surface area (Å²) in [5, 5.41) is 1.08. The Kier molecular flexibility index (Phi) is 6.64. The number of thiol groups is 2. The highest BCUT2D eigenvalue weighted by Gasteiger charge is 1.90. The molecule has 0 aromatic rings. The van der Waals surface area contributed by atoms with Crippen LogP contribution in [0.1, 0.15) is 0 Å². The van der Waals surface area contributed by atoms with E-state index < -0.39 is 0 Å². The van der Waals surface area contributed by atoms with E-state index in [0.29, 0.717) is 0 Å². The molecule has 0 amide bonds. The molecule has 0 bridgehead atoms. The summed E-state index contributed by atoms with van der Waals surface area (Å²) >= 11 is 11.6. The molecular formula is C3H8S4. The lowest BCUT2D eigenvalue weighted by Gasteiger charge is -1.97. The molecule has 0 fully saturated rings. The molecule has 0 radical (unpaired) electrons. The van der Waals surface area contributed by atoms with Crippen LogP contribution in [0.25, 0.3) is 0 Å². The van der Waals surface area contributed by atoms with Crippen LogP contribution in [0.4, 0.5) is 0 Å². The predicted octanol–water partition coefficient (Wildman–Crippen LogP) is 2.18. The average molecular weight is 172 g/mol. The molecule has 0 atom stereocenters. The van der Waals surface area contributed by atoms with E-state index >= 15 is 0 Å². The fourth-order valence-electron chi connectivity index (χ4n) is 0.129. The third-order valence-electron chi connectivity index (χ3n) is 0.335. The van der Waals surface area contributed by atoms with Crippen LogP contribution in [0, 0.1) is 0 Å². The van der Waals surface area contributed by atoms with Gasteiger partial charge in [-0.15, -0.1) is 11.8 Å². The molecule has 4 heteroatoms.